The standard InChI is InChI=1S/C10H11NO3/c1-14-9(10(12)13)6-7-4-2-3-5-8(7)11/h2-6H,11H2,1H3,(H,12,13). The van der Waals surface area contributed by atoms with Gasteiger partial charge in [0.15, 0.2) is 0 Å². The molecule has 0 saturated heterocycles. The number of benzene rings is 1. The number of methoxy groups -OCH3 is 1. The predicted molar refractivity (Wildman–Crippen MR) is 53.5 cm³/mol. The van der Waals surface area contributed by atoms with Gasteiger partial charge in [0.05, 0.1) is 7.11 Å². The van der Waals surface area contributed by atoms with Crippen molar-refractivity contribution in [2.75, 3.05) is 12.8 Å². The number of para-hydroxylation sites is 1. The first-order valence-electron chi connectivity index (χ1n) is 3.98. The molecule has 1 aromatic carbocycles. The van der Waals surface area contributed by atoms with Crippen molar-refractivity contribution < 1.29 is 14.6 Å². The molecular weight excluding hydrogens is 182 g/mol. The van der Waals surface area contributed by atoms with Crippen LogP contribution in [0.3, 0.4) is 0 Å². The van der Waals surface area contributed by atoms with Crippen LogP contribution in [0.4, 0.5) is 5.69 Å². The van der Waals surface area contributed by atoms with E-state index in [-0.39, 0.29) is 5.76 Å². The van der Waals surface area contributed by atoms with Crippen molar-refractivity contribution in [1.29, 1.82) is 0 Å². The van der Waals surface area contributed by atoms with Gasteiger partial charge >= 0.3 is 5.97 Å². The topological polar surface area (TPSA) is 72.5 Å². The van der Waals surface area contributed by atoms with Gasteiger partial charge in [-0.15, -0.1) is 0 Å². The lowest BCUT2D eigenvalue weighted by atomic mass is 10.1. The van der Waals surface area contributed by atoms with E-state index in [2.05, 4.69) is 4.74 Å². The van der Waals surface area contributed by atoms with E-state index in [4.69, 9.17) is 10.8 Å². The summed E-state index contributed by atoms with van der Waals surface area (Å²) in [5.41, 5.74) is 6.78. The Bertz CT molecular complexity index is 371. The molecule has 0 atom stereocenters. The number of carbonyl (C=O) groups is 1. The normalized spacial score (nSPS) is 11.1. The van der Waals surface area contributed by atoms with Gasteiger partial charge in [0, 0.05) is 11.3 Å². The summed E-state index contributed by atoms with van der Waals surface area (Å²) in [5, 5.41) is 8.69. The number of anilines is 1. The molecule has 0 heterocycles. The Morgan fingerprint density at radius 1 is 1.50 bits per heavy atom. The lowest BCUT2D eigenvalue weighted by Gasteiger charge is -2.02. The molecule has 0 amide bonds. The lowest BCUT2D eigenvalue weighted by molar-refractivity contribution is -0.135. The summed E-state index contributed by atoms with van der Waals surface area (Å²) in [7, 11) is 1.30. The van der Waals surface area contributed by atoms with Gasteiger partial charge in [-0.2, -0.15) is 0 Å². The third-order valence-electron chi connectivity index (χ3n) is 1.71. The molecule has 0 aliphatic carbocycles. The average Bonchev–Trinajstić information content (AvgIpc) is 2.16. The molecule has 0 unspecified atom stereocenters. The Labute approximate surface area is 81.6 Å². The maximum atomic E-state index is 10.6. The maximum absolute atomic E-state index is 10.6. The maximum Gasteiger partial charge on any atom is 0.371 e. The van der Waals surface area contributed by atoms with Gasteiger partial charge in [0.25, 0.3) is 0 Å². The summed E-state index contributed by atoms with van der Waals surface area (Å²) in [4.78, 5) is 10.6. The summed E-state index contributed by atoms with van der Waals surface area (Å²) in [5.74, 6) is -1.25. The summed E-state index contributed by atoms with van der Waals surface area (Å²) in [6.45, 7) is 0. The average molecular weight is 193 g/mol. The van der Waals surface area contributed by atoms with Gasteiger partial charge in [0.1, 0.15) is 0 Å². The molecule has 1 aromatic rings. The molecule has 0 fully saturated rings. The van der Waals surface area contributed by atoms with Crippen LogP contribution < -0.4 is 5.73 Å². The lowest BCUT2D eigenvalue weighted by Crippen LogP contribution is -2.02. The number of aliphatic carboxylic acids is 1. The van der Waals surface area contributed by atoms with Crippen molar-refractivity contribution >= 4 is 17.7 Å². The van der Waals surface area contributed by atoms with Gasteiger partial charge in [-0.3, -0.25) is 0 Å². The summed E-state index contributed by atoms with van der Waals surface area (Å²) in [6.07, 6.45) is 1.39. The zero-order valence-electron chi connectivity index (χ0n) is 7.73. The SMILES string of the molecule is COC(=Cc1ccccc1N)C(=O)O. The highest BCUT2D eigenvalue weighted by molar-refractivity contribution is 5.90. The third-order valence-corrected chi connectivity index (χ3v) is 1.71. The van der Waals surface area contributed by atoms with Crippen LogP contribution >= 0.6 is 0 Å². The fourth-order valence-electron chi connectivity index (χ4n) is 0.992. The highest BCUT2D eigenvalue weighted by Crippen LogP contribution is 2.14. The Morgan fingerprint density at radius 2 is 2.14 bits per heavy atom. The van der Waals surface area contributed by atoms with Crippen molar-refractivity contribution in [2.45, 2.75) is 0 Å². The van der Waals surface area contributed by atoms with E-state index in [0.29, 0.717) is 11.3 Å². The fourth-order valence-corrected chi connectivity index (χ4v) is 0.992. The zero-order chi connectivity index (χ0) is 10.6. The van der Waals surface area contributed by atoms with E-state index < -0.39 is 5.97 Å². The van der Waals surface area contributed by atoms with E-state index >= 15 is 0 Å². The Kier molecular flexibility index (Phi) is 3.12. The molecule has 14 heavy (non-hydrogen) atoms. The second-order valence-corrected chi connectivity index (χ2v) is 2.65. The van der Waals surface area contributed by atoms with Crippen LogP contribution in [0.25, 0.3) is 6.08 Å². The molecule has 74 valence electrons. The van der Waals surface area contributed by atoms with E-state index in [1.54, 1.807) is 24.3 Å². The molecule has 4 nitrogen and oxygen atoms in total. The molecule has 0 saturated carbocycles. The molecule has 0 radical (unpaired) electrons. The summed E-state index contributed by atoms with van der Waals surface area (Å²) in [6, 6.07) is 6.97. The van der Waals surface area contributed by atoms with Gasteiger partial charge < -0.3 is 15.6 Å². The number of nitrogens with two attached hydrogens (primary N) is 1. The first-order valence-corrected chi connectivity index (χ1v) is 3.98. The number of nitrogen functional groups attached to an aromatic ring is 1. The molecule has 0 spiro atoms. The molecule has 0 bridgehead atoms. The number of rotatable bonds is 3. The molecular formula is C10H11NO3. The van der Waals surface area contributed by atoms with Crippen molar-refractivity contribution in [2.24, 2.45) is 0 Å². The van der Waals surface area contributed by atoms with Gasteiger partial charge in [-0.05, 0) is 12.1 Å². The second kappa shape index (κ2) is 4.32. The fraction of sp³-hybridized carbons (Fsp3) is 0.100. The number of hydrogen-bond donors (Lipinski definition) is 2. The van der Waals surface area contributed by atoms with Gasteiger partial charge in [-0.1, -0.05) is 18.2 Å². The number of carboxylic acids is 1. The van der Waals surface area contributed by atoms with Crippen LogP contribution in [0.15, 0.2) is 30.0 Å². The first kappa shape index (κ1) is 10.1. The van der Waals surface area contributed by atoms with Crippen LogP contribution in [-0.4, -0.2) is 18.2 Å². The Balaban J connectivity index is 3.07. The molecule has 0 aromatic heterocycles. The molecule has 1 rings (SSSR count). The van der Waals surface area contributed by atoms with E-state index in [1.165, 1.54) is 13.2 Å². The minimum atomic E-state index is -1.12. The van der Waals surface area contributed by atoms with Crippen molar-refractivity contribution in [3.8, 4) is 0 Å². The number of carboxylic acid groups (broad SMARTS) is 1. The zero-order valence-corrected chi connectivity index (χ0v) is 7.73. The minimum Gasteiger partial charge on any atom is -0.490 e. The quantitative estimate of drug-likeness (QED) is 0.431. The molecule has 0 aliphatic heterocycles. The van der Waals surface area contributed by atoms with Crippen molar-refractivity contribution in [3.05, 3.63) is 35.6 Å². The van der Waals surface area contributed by atoms with Crippen LogP contribution in [0, 0.1) is 0 Å². The number of ether oxygens (including phenoxy) is 1. The largest absolute Gasteiger partial charge is 0.490 e. The third kappa shape index (κ3) is 2.26. The minimum absolute atomic E-state index is 0.136. The monoisotopic (exact) mass is 193 g/mol. The highest BCUT2D eigenvalue weighted by Gasteiger charge is 2.07. The van der Waals surface area contributed by atoms with Crippen LogP contribution in [-0.2, 0) is 9.53 Å². The number of hydrogen-bond acceptors (Lipinski definition) is 3. The van der Waals surface area contributed by atoms with Crippen molar-refractivity contribution in [1.82, 2.24) is 0 Å². The predicted octanol–water partition coefficient (Wildman–Crippen LogP) is 1.34. The highest BCUT2D eigenvalue weighted by atomic mass is 16.5. The van der Waals surface area contributed by atoms with Crippen LogP contribution in [0.2, 0.25) is 0 Å². The van der Waals surface area contributed by atoms with Gasteiger partial charge in [0.2, 0.25) is 5.76 Å². The van der Waals surface area contributed by atoms with Gasteiger partial charge in [-0.25, -0.2) is 4.79 Å². The molecule has 4 heteroatoms. The second-order valence-electron chi connectivity index (χ2n) is 2.65. The van der Waals surface area contributed by atoms with Crippen LogP contribution in [0.5, 0.6) is 0 Å². The van der Waals surface area contributed by atoms with Crippen molar-refractivity contribution in [3.63, 3.8) is 0 Å². The molecule has 0 aliphatic rings. The summed E-state index contributed by atoms with van der Waals surface area (Å²) < 4.78 is 4.68. The Morgan fingerprint density at radius 3 is 2.64 bits per heavy atom. The first-order chi connectivity index (χ1) is 6.65. The summed E-state index contributed by atoms with van der Waals surface area (Å²) >= 11 is 0. The smallest absolute Gasteiger partial charge is 0.371 e. The van der Waals surface area contributed by atoms with E-state index in [9.17, 15) is 4.79 Å². The Hall–Kier alpha value is -1.97. The van der Waals surface area contributed by atoms with E-state index in [0.717, 1.165) is 0 Å². The van der Waals surface area contributed by atoms with E-state index in [1.807, 2.05) is 0 Å². The molecule has 3 N–H and O–H groups in total. The van der Waals surface area contributed by atoms with Crippen LogP contribution in [0.1, 0.15) is 5.56 Å².